The Bertz CT molecular complexity index is 918. The van der Waals surface area contributed by atoms with Gasteiger partial charge in [-0.25, -0.2) is 9.59 Å². The Morgan fingerprint density at radius 1 is 1.10 bits per heavy atom. The fourth-order valence-corrected chi connectivity index (χ4v) is 3.92. The van der Waals surface area contributed by atoms with Crippen LogP contribution in [-0.2, 0) is 16.1 Å². The van der Waals surface area contributed by atoms with Crippen LogP contribution >= 0.6 is 0 Å². The van der Waals surface area contributed by atoms with E-state index in [0.29, 0.717) is 26.3 Å². The van der Waals surface area contributed by atoms with Gasteiger partial charge in [-0.05, 0) is 55.2 Å². The summed E-state index contributed by atoms with van der Waals surface area (Å²) in [6.07, 6.45) is 1.05. The largest absolute Gasteiger partial charge is 0.478 e. The number of nitrogens with zero attached hydrogens (tertiary/aromatic N) is 1. The molecule has 2 aromatic rings. The molecular formula is C23H25NO6. The second-order valence-corrected chi connectivity index (χ2v) is 7.53. The van der Waals surface area contributed by atoms with Gasteiger partial charge in [0.25, 0.3) is 0 Å². The van der Waals surface area contributed by atoms with Crippen LogP contribution < -0.4 is 4.74 Å². The number of ether oxygens (including phenoxy) is 3. The normalized spacial score (nSPS) is 19.0. The van der Waals surface area contributed by atoms with Crippen LogP contribution in [-0.4, -0.2) is 48.1 Å². The first-order chi connectivity index (χ1) is 14.5. The number of carboxylic acid groups (broad SMARTS) is 1. The van der Waals surface area contributed by atoms with Crippen molar-refractivity contribution in [2.45, 2.75) is 32.7 Å². The number of hydrogen-bond donors (Lipinski definition) is 1. The van der Waals surface area contributed by atoms with Gasteiger partial charge in [-0.1, -0.05) is 18.2 Å². The maximum atomic E-state index is 11.9. The first-order valence-corrected chi connectivity index (χ1v) is 10.2. The fraction of sp³-hybridized carbons (Fsp3) is 0.391. The van der Waals surface area contributed by atoms with E-state index in [1.165, 1.54) is 0 Å². The molecule has 0 bridgehead atoms. The average molecular weight is 411 g/mol. The topological polar surface area (TPSA) is 85.3 Å². The van der Waals surface area contributed by atoms with Gasteiger partial charge in [-0.15, -0.1) is 0 Å². The zero-order chi connectivity index (χ0) is 21.1. The summed E-state index contributed by atoms with van der Waals surface area (Å²) in [6, 6.07) is 12.7. The molecule has 1 atom stereocenters. The van der Waals surface area contributed by atoms with E-state index in [2.05, 4.69) is 0 Å². The Kier molecular flexibility index (Phi) is 5.90. The van der Waals surface area contributed by atoms with Crippen LogP contribution in [0.3, 0.4) is 0 Å². The van der Waals surface area contributed by atoms with Crippen LogP contribution in [0, 0.1) is 5.92 Å². The Balaban J connectivity index is 1.39. The van der Waals surface area contributed by atoms with Gasteiger partial charge in [0.05, 0.1) is 18.8 Å². The van der Waals surface area contributed by atoms with Crippen molar-refractivity contribution in [3.63, 3.8) is 0 Å². The number of rotatable bonds is 4. The zero-order valence-corrected chi connectivity index (χ0v) is 16.9. The van der Waals surface area contributed by atoms with Crippen molar-refractivity contribution in [2.24, 2.45) is 5.92 Å². The van der Waals surface area contributed by atoms with Gasteiger partial charge in [0.2, 0.25) is 6.29 Å². The molecule has 1 unspecified atom stereocenters. The summed E-state index contributed by atoms with van der Waals surface area (Å²) in [4.78, 5) is 24.6. The summed E-state index contributed by atoms with van der Waals surface area (Å²) >= 11 is 0. The maximum absolute atomic E-state index is 11.9. The van der Waals surface area contributed by atoms with Crippen LogP contribution in [0.25, 0.3) is 11.1 Å². The number of carbonyl (C=O) groups excluding carboxylic acids is 1. The number of benzene rings is 2. The van der Waals surface area contributed by atoms with Gasteiger partial charge in [0.15, 0.2) is 0 Å². The first-order valence-electron chi connectivity index (χ1n) is 10.2. The third kappa shape index (κ3) is 4.26. The van der Waals surface area contributed by atoms with Crippen LogP contribution in [0.1, 0.15) is 35.7 Å². The van der Waals surface area contributed by atoms with E-state index in [4.69, 9.17) is 19.3 Å². The fourth-order valence-electron chi connectivity index (χ4n) is 3.92. The maximum Gasteiger partial charge on any atom is 0.409 e. The summed E-state index contributed by atoms with van der Waals surface area (Å²) < 4.78 is 17.2. The molecule has 2 aliphatic heterocycles. The van der Waals surface area contributed by atoms with E-state index in [0.717, 1.165) is 35.3 Å². The number of fused-ring (bicyclic) bond motifs is 1. The Labute approximate surface area is 175 Å². The Hall–Kier alpha value is -3.06. The highest BCUT2D eigenvalue weighted by Gasteiger charge is 2.33. The highest BCUT2D eigenvalue weighted by atomic mass is 16.7. The Morgan fingerprint density at radius 2 is 1.80 bits per heavy atom. The minimum Gasteiger partial charge on any atom is -0.478 e. The van der Waals surface area contributed by atoms with Gasteiger partial charge >= 0.3 is 12.1 Å². The molecule has 2 heterocycles. The van der Waals surface area contributed by atoms with E-state index in [1.807, 2.05) is 25.1 Å². The second kappa shape index (κ2) is 8.75. The van der Waals surface area contributed by atoms with Gasteiger partial charge in [-0.3, -0.25) is 0 Å². The van der Waals surface area contributed by atoms with Crippen LogP contribution in [0.5, 0.6) is 5.75 Å². The standard InChI is InChI=1S/C23H25NO6/c1-2-28-23(27)24-11-9-17(10-12-24)22-29-14-19-13-18(7-8-20(19)30-22)15-3-5-16(6-4-15)21(25)26/h3-8,13,17,22H,2,9-12,14H2,1H3,(H,25,26). The molecule has 2 aliphatic rings. The molecule has 1 amide bonds. The number of piperidine rings is 1. The van der Waals surface area contributed by atoms with Crippen molar-refractivity contribution < 1.29 is 28.9 Å². The van der Waals surface area contributed by atoms with Crippen molar-refractivity contribution in [2.75, 3.05) is 19.7 Å². The molecule has 1 fully saturated rings. The second-order valence-electron chi connectivity index (χ2n) is 7.53. The van der Waals surface area contributed by atoms with Gasteiger partial charge in [0, 0.05) is 24.6 Å². The van der Waals surface area contributed by atoms with Crippen molar-refractivity contribution in [1.82, 2.24) is 4.90 Å². The number of amides is 1. The van der Waals surface area contributed by atoms with Crippen molar-refractivity contribution >= 4 is 12.1 Å². The van der Waals surface area contributed by atoms with Crippen LogP contribution in [0.4, 0.5) is 4.79 Å². The van der Waals surface area contributed by atoms with E-state index in [1.54, 1.807) is 29.2 Å². The monoisotopic (exact) mass is 411 g/mol. The highest BCUT2D eigenvalue weighted by Crippen LogP contribution is 2.35. The minimum atomic E-state index is -0.937. The van der Waals surface area contributed by atoms with E-state index in [9.17, 15) is 9.59 Å². The summed E-state index contributed by atoms with van der Waals surface area (Å²) in [7, 11) is 0. The third-order valence-electron chi connectivity index (χ3n) is 5.62. The molecule has 0 aliphatic carbocycles. The van der Waals surface area contributed by atoms with Crippen LogP contribution in [0.15, 0.2) is 42.5 Å². The lowest BCUT2D eigenvalue weighted by atomic mass is 9.95. The predicted molar refractivity (Wildman–Crippen MR) is 109 cm³/mol. The number of aromatic carboxylic acids is 1. The molecule has 0 saturated carbocycles. The molecule has 1 N–H and O–H groups in total. The lowest BCUT2D eigenvalue weighted by Gasteiger charge is -2.37. The predicted octanol–water partition coefficient (Wildman–Crippen LogP) is 4.16. The van der Waals surface area contributed by atoms with Crippen molar-refractivity contribution in [1.29, 1.82) is 0 Å². The van der Waals surface area contributed by atoms with Gasteiger partial charge in [-0.2, -0.15) is 0 Å². The molecule has 0 radical (unpaired) electrons. The quantitative estimate of drug-likeness (QED) is 0.813. The number of carboxylic acids is 1. The summed E-state index contributed by atoms with van der Waals surface area (Å²) in [5.74, 6) is 0.102. The zero-order valence-electron chi connectivity index (χ0n) is 16.9. The lowest BCUT2D eigenvalue weighted by Crippen LogP contribution is -2.44. The molecule has 7 heteroatoms. The number of carbonyl (C=O) groups is 2. The van der Waals surface area contributed by atoms with E-state index >= 15 is 0 Å². The highest BCUT2D eigenvalue weighted by molar-refractivity contribution is 5.88. The molecular weight excluding hydrogens is 386 g/mol. The van der Waals surface area contributed by atoms with E-state index in [-0.39, 0.29) is 23.9 Å². The molecule has 2 aromatic carbocycles. The van der Waals surface area contributed by atoms with Gasteiger partial charge < -0.3 is 24.2 Å². The first kappa shape index (κ1) is 20.2. The third-order valence-corrected chi connectivity index (χ3v) is 5.62. The molecule has 30 heavy (non-hydrogen) atoms. The molecule has 4 rings (SSSR count). The van der Waals surface area contributed by atoms with Crippen molar-refractivity contribution in [3.05, 3.63) is 53.6 Å². The summed E-state index contributed by atoms with van der Waals surface area (Å²) in [5.41, 5.74) is 3.16. The Morgan fingerprint density at radius 3 is 2.47 bits per heavy atom. The molecule has 158 valence electrons. The number of likely N-dealkylation sites (tertiary alicyclic amines) is 1. The lowest BCUT2D eigenvalue weighted by molar-refractivity contribution is -0.148. The van der Waals surface area contributed by atoms with Crippen molar-refractivity contribution in [3.8, 4) is 16.9 Å². The summed E-state index contributed by atoms with van der Waals surface area (Å²) in [5, 5.41) is 9.04. The van der Waals surface area contributed by atoms with Gasteiger partial charge in [0.1, 0.15) is 5.75 Å². The molecule has 0 aromatic heterocycles. The van der Waals surface area contributed by atoms with E-state index < -0.39 is 5.97 Å². The molecule has 7 nitrogen and oxygen atoms in total. The smallest absolute Gasteiger partial charge is 0.409 e. The SMILES string of the molecule is CCOC(=O)N1CCC(C2OCc3cc(-c4ccc(C(=O)O)cc4)ccc3O2)CC1. The summed E-state index contributed by atoms with van der Waals surface area (Å²) in [6.45, 7) is 3.94. The molecule has 1 saturated heterocycles. The van der Waals surface area contributed by atoms with Crippen LogP contribution in [0.2, 0.25) is 0 Å². The average Bonchev–Trinajstić information content (AvgIpc) is 2.78. The molecule has 0 spiro atoms. The minimum absolute atomic E-state index is 0.229. The number of hydrogen-bond acceptors (Lipinski definition) is 5.